The monoisotopic (exact) mass is 172 g/mol. The molecule has 0 fully saturated rings. The average molecular weight is 172 g/mol. The molecule has 0 bridgehead atoms. The highest BCUT2D eigenvalue weighted by Crippen LogP contribution is 2.19. The zero-order valence-corrected chi connectivity index (χ0v) is 7.27. The molecule has 1 rings (SSSR count). The van der Waals surface area contributed by atoms with Crippen LogP contribution in [-0.4, -0.2) is 20.4 Å². The molecule has 0 aliphatic carbocycles. The SMILES string of the molecule is CC(C)(C)c1noc(C(O)O)n1. The van der Waals surface area contributed by atoms with E-state index in [1.165, 1.54) is 0 Å². The lowest BCUT2D eigenvalue weighted by atomic mass is 9.96. The van der Waals surface area contributed by atoms with Gasteiger partial charge in [0.25, 0.3) is 5.89 Å². The Morgan fingerprint density at radius 2 is 1.92 bits per heavy atom. The van der Waals surface area contributed by atoms with E-state index >= 15 is 0 Å². The molecule has 2 N–H and O–H groups in total. The van der Waals surface area contributed by atoms with Crippen molar-refractivity contribution in [2.75, 3.05) is 0 Å². The fourth-order valence-electron chi connectivity index (χ4n) is 0.645. The first-order valence-corrected chi connectivity index (χ1v) is 3.61. The van der Waals surface area contributed by atoms with Crippen LogP contribution >= 0.6 is 0 Å². The van der Waals surface area contributed by atoms with Gasteiger partial charge in [-0.05, 0) is 0 Å². The van der Waals surface area contributed by atoms with E-state index in [1.54, 1.807) is 0 Å². The summed E-state index contributed by atoms with van der Waals surface area (Å²) in [4.78, 5) is 3.80. The maximum Gasteiger partial charge on any atom is 0.283 e. The van der Waals surface area contributed by atoms with E-state index in [1.807, 2.05) is 20.8 Å². The van der Waals surface area contributed by atoms with Gasteiger partial charge in [0, 0.05) is 5.41 Å². The van der Waals surface area contributed by atoms with E-state index in [0.717, 1.165) is 0 Å². The Morgan fingerprint density at radius 1 is 1.33 bits per heavy atom. The van der Waals surface area contributed by atoms with E-state index in [9.17, 15) is 0 Å². The van der Waals surface area contributed by atoms with Crippen LogP contribution in [0.4, 0.5) is 0 Å². The van der Waals surface area contributed by atoms with Gasteiger partial charge in [-0.15, -0.1) is 0 Å². The van der Waals surface area contributed by atoms with Gasteiger partial charge in [-0.25, -0.2) is 0 Å². The van der Waals surface area contributed by atoms with Crippen molar-refractivity contribution in [2.45, 2.75) is 32.5 Å². The highest BCUT2D eigenvalue weighted by atomic mass is 16.5. The van der Waals surface area contributed by atoms with Gasteiger partial charge in [0.05, 0.1) is 0 Å². The molecule has 5 nitrogen and oxygen atoms in total. The largest absolute Gasteiger partial charge is 0.361 e. The minimum atomic E-state index is -1.69. The standard InChI is InChI=1S/C7H12N2O3/c1-7(2,3)6-8-4(5(10)11)12-9-6/h5,10-11H,1-3H3. The Balaban J connectivity index is 2.92. The second-order valence-electron chi connectivity index (χ2n) is 3.58. The van der Waals surface area contributed by atoms with Crippen LogP contribution in [-0.2, 0) is 5.41 Å². The van der Waals surface area contributed by atoms with Gasteiger partial charge in [-0.2, -0.15) is 4.98 Å². The third kappa shape index (κ3) is 1.80. The van der Waals surface area contributed by atoms with Crippen molar-refractivity contribution in [2.24, 2.45) is 0 Å². The zero-order chi connectivity index (χ0) is 9.35. The number of nitrogens with zero attached hydrogens (tertiary/aromatic N) is 2. The lowest BCUT2D eigenvalue weighted by Crippen LogP contribution is -2.13. The molecule has 0 radical (unpaired) electrons. The van der Waals surface area contributed by atoms with E-state index < -0.39 is 6.29 Å². The minimum absolute atomic E-state index is 0.167. The third-order valence-electron chi connectivity index (χ3n) is 1.33. The molecule has 0 saturated carbocycles. The lowest BCUT2D eigenvalue weighted by molar-refractivity contribution is -0.0651. The van der Waals surface area contributed by atoms with Crippen LogP contribution in [0.15, 0.2) is 4.52 Å². The molecule has 68 valence electrons. The Hall–Kier alpha value is -0.940. The van der Waals surface area contributed by atoms with Crippen molar-refractivity contribution in [1.29, 1.82) is 0 Å². The van der Waals surface area contributed by atoms with Crippen molar-refractivity contribution in [1.82, 2.24) is 10.1 Å². The van der Waals surface area contributed by atoms with Crippen LogP contribution < -0.4 is 0 Å². The second-order valence-corrected chi connectivity index (χ2v) is 3.58. The van der Waals surface area contributed by atoms with Crippen LogP contribution in [0.1, 0.15) is 38.8 Å². The summed E-state index contributed by atoms with van der Waals surface area (Å²) in [6.07, 6.45) is -1.69. The lowest BCUT2D eigenvalue weighted by Gasteiger charge is -2.10. The number of aromatic nitrogens is 2. The van der Waals surface area contributed by atoms with Crippen molar-refractivity contribution in [3.63, 3.8) is 0 Å². The Kier molecular flexibility index (Phi) is 2.16. The first-order chi connectivity index (χ1) is 5.41. The van der Waals surface area contributed by atoms with Crippen molar-refractivity contribution in [3.05, 3.63) is 11.7 Å². The highest BCUT2D eigenvalue weighted by Gasteiger charge is 2.22. The van der Waals surface area contributed by atoms with Crippen LogP contribution in [0.25, 0.3) is 0 Å². The molecule has 1 heterocycles. The van der Waals surface area contributed by atoms with Gasteiger partial charge in [-0.3, -0.25) is 0 Å². The maximum absolute atomic E-state index is 8.66. The third-order valence-corrected chi connectivity index (χ3v) is 1.33. The van der Waals surface area contributed by atoms with Crippen LogP contribution in [0.2, 0.25) is 0 Å². The van der Waals surface area contributed by atoms with E-state index in [2.05, 4.69) is 14.7 Å². The first-order valence-electron chi connectivity index (χ1n) is 3.61. The molecule has 1 aromatic heterocycles. The number of rotatable bonds is 1. The van der Waals surface area contributed by atoms with Gasteiger partial charge in [0.15, 0.2) is 5.82 Å². The molecule has 0 unspecified atom stereocenters. The number of hydrogen-bond donors (Lipinski definition) is 2. The summed E-state index contributed by atoms with van der Waals surface area (Å²) in [6.45, 7) is 5.72. The summed E-state index contributed by atoms with van der Waals surface area (Å²) in [5.74, 6) is 0.297. The van der Waals surface area contributed by atoms with Crippen LogP contribution in [0.3, 0.4) is 0 Å². The van der Waals surface area contributed by atoms with Gasteiger partial charge in [0.2, 0.25) is 6.29 Å². The average Bonchev–Trinajstić information content (AvgIpc) is 2.30. The van der Waals surface area contributed by atoms with E-state index in [4.69, 9.17) is 10.2 Å². The maximum atomic E-state index is 8.66. The fourth-order valence-corrected chi connectivity index (χ4v) is 0.645. The molecule has 0 amide bonds. The summed E-state index contributed by atoms with van der Waals surface area (Å²) >= 11 is 0. The molecule has 0 saturated heterocycles. The molecule has 0 atom stereocenters. The molecular weight excluding hydrogens is 160 g/mol. The summed E-state index contributed by atoms with van der Waals surface area (Å²) in [5, 5.41) is 20.9. The first kappa shape index (κ1) is 9.15. The van der Waals surface area contributed by atoms with Crippen LogP contribution in [0, 0.1) is 0 Å². The van der Waals surface area contributed by atoms with E-state index in [-0.39, 0.29) is 11.3 Å². The number of aliphatic hydroxyl groups is 2. The fraction of sp³-hybridized carbons (Fsp3) is 0.714. The van der Waals surface area contributed by atoms with Crippen molar-refractivity contribution >= 4 is 0 Å². The summed E-state index contributed by atoms with van der Waals surface area (Å²) < 4.78 is 4.59. The Bertz CT molecular complexity index is 262. The summed E-state index contributed by atoms with van der Waals surface area (Å²) in [5.41, 5.74) is -0.239. The van der Waals surface area contributed by atoms with Crippen molar-refractivity contribution in [3.8, 4) is 0 Å². The van der Waals surface area contributed by atoms with Crippen molar-refractivity contribution < 1.29 is 14.7 Å². The zero-order valence-electron chi connectivity index (χ0n) is 7.27. The summed E-state index contributed by atoms with van der Waals surface area (Å²) in [6, 6.07) is 0. The quantitative estimate of drug-likeness (QED) is 0.597. The van der Waals surface area contributed by atoms with Gasteiger partial charge in [0.1, 0.15) is 0 Å². The molecule has 5 heteroatoms. The molecular formula is C7H12N2O3. The summed E-state index contributed by atoms with van der Waals surface area (Å²) in [7, 11) is 0. The highest BCUT2D eigenvalue weighted by molar-refractivity contribution is 4.99. The molecule has 1 aromatic rings. The van der Waals surface area contributed by atoms with E-state index in [0.29, 0.717) is 5.82 Å². The molecule has 0 spiro atoms. The minimum Gasteiger partial charge on any atom is -0.361 e. The number of aliphatic hydroxyl groups excluding tert-OH is 1. The molecule has 0 aromatic carbocycles. The molecule has 0 aliphatic rings. The molecule has 12 heavy (non-hydrogen) atoms. The Morgan fingerprint density at radius 3 is 2.17 bits per heavy atom. The molecule has 0 aliphatic heterocycles. The predicted molar refractivity (Wildman–Crippen MR) is 40.2 cm³/mol. The van der Waals surface area contributed by atoms with Gasteiger partial charge >= 0.3 is 0 Å². The second kappa shape index (κ2) is 2.84. The van der Waals surface area contributed by atoms with Gasteiger partial charge < -0.3 is 14.7 Å². The Labute approximate surface area is 70.0 Å². The van der Waals surface area contributed by atoms with Gasteiger partial charge in [-0.1, -0.05) is 25.9 Å². The predicted octanol–water partition coefficient (Wildman–Crippen LogP) is 0.350. The van der Waals surface area contributed by atoms with Crippen LogP contribution in [0.5, 0.6) is 0 Å². The number of hydrogen-bond acceptors (Lipinski definition) is 5. The topological polar surface area (TPSA) is 79.4 Å². The smallest absolute Gasteiger partial charge is 0.283 e. The normalized spacial score (nSPS) is 12.5.